The van der Waals surface area contributed by atoms with Crippen LogP contribution in [0.2, 0.25) is 0 Å². The van der Waals surface area contributed by atoms with E-state index in [1.807, 2.05) is 6.07 Å². The van der Waals surface area contributed by atoms with Crippen LogP contribution in [0.15, 0.2) is 57.7 Å². The van der Waals surface area contributed by atoms with Crippen LogP contribution in [0.1, 0.15) is 15.9 Å². The molecule has 0 saturated carbocycles. The third kappa shape index (κ3) is 3.32. The number of ether oxygens (including phenoxy) is 1. The molecule has 2 N–H and O–H groups in total. The molecule has 4 rings (SSSR count). The fraction of sp³-hybridized carbons (Fsp3) is 0.105. The second kappa shape index (κ2) is 6.95. The molecular formula is C19H15N5O4. The molecule has 1 amide bonds. The summed E-state index contributed by atoms with van der Waals surface area (Å²) in [5, 5.41) is 13.2. The summed E-state index contributed by atoms with van der Waals surface area (Å²) in [5.74, 6) is 0.480. The van der Waals surface area contributed by atoms with Crippen LogP contribution in [0.25, 0.3) is 22.4 Å². The van der Waals surface area contributed by atoms with E-state index >= 15 is 0 Å². The number of hydrogen-bond donors (Lipinski definition) is 1. The topological polar surface area (TPSA) is 126 Å². The maximum Gasteiger partial charge on any atom is 0.336 e. The zero-order valence-electron chi connectivity index (χ0n) is 14.8. The van der Waals surface area contributed by atoms with Gasteiger partial charge in [-0.3, -0.25) is 4.79 Å². The van der Waals surface area contributed by atoms with Crippen molar-refractivity contribution in [1.82, 2.24) is 20.2 Å². The van der Waals surface area contributed by atoms with Gasteiger partial charge in [0.2, 0.25) is 11.7 Å². The third-order valence-electron chi connectivity index (χ3n) is 4.23. The fourth-order valence-electron chi connectivity index (χ4n) is 2.83. The van der Waals surface area contributed by atoms with Crippen molar-refractivity contribution >= 4 is 16.9 Å². The molecule has 2 aromatic heterocycles. The molecule has 9 nitrogen and oxygen atoms in total. The van der Waals surface area contributed by atoms with Gasteiger partial charge in [0.25, 0.3) is 0 Å². The van der Waals surface area contributed by atoms with Crippen molar-refractivity contribution in [3.63, 3.8) is 0 Å². The summed E-state index contributed by atoms with van der Waals surface area (Å²) in [6.07, 6.45) is 0. The van der Waals surface area contributed by atoms with E-state index in [0.29, 0.717) is 33.8 Å². The highest BCUT2D eigenvalue weighted by Crippen LogP contribution is 2.23. The van der Waals surface area contributed by atoms with Crippen molar-refractivity contribution in [1.29, 1.82) is 0 Å². The fourth-order valence-corrected chi connectivity index (χ4v) is 2.83. The van der Waals surface area contributed by atoms with Crippen molar-refractivity contribution in [3.8, 4) is 17.1 Å². The third-order valence-corrected chi connectivity index (χ3v) is 4.23. The second-order valence-corrected chi connectivity index (χ2v) is 6.04. The lowest BCUT2D eigenvalue weighted by molar-refractivity contribution is 0.100. The molecule has 9 heteroatoms. The van der Waals surface area contributed by atoms with Crippen LogP contribution in [0.4, 0.5) is 0 Å². The van der Waals surface area contributed by atoms with Gasteiger partial charge in [-0.25, -0.2) is 4.79 Å². The summed E-state index contributed by atoms with van der Waals surface area (Å²) in [6.45, 7) is 0.237. The van der Waals surface area contributed by atoms with Crippen molar-refractivity contribution in [2.75, 3.05) is 7.11 Å². The molecule has 0 aliphatic heterocycles. The Labute approximate surface area is 158 Å². The molecule has 2 heterocycles. The van der Waals surface area contributed by atoms with Gasteiger partial charge in [0, 0.05) is 28.6 Å². The van der Waals surface area contributed by atoms with Gasteiger partial charge < -0.3 is 14.9 Å². The minimum absolute atomic E-state index is 0.237. The number of carbonyl (C=O) groups excluding carboxylic acids is 1. The van der Waals surface area contributed by atoms with Crippen molar-refractivity contribution < 1.29 is 13.9 Å². The Morgan fingerprint density at radius 2 is 1.96 bits per heavy atom. The number of rotatable bonds is 5. The van der Waals surface area contributed by atoms with Crippen LogP contribution in [-0.4, -0.2) is 33.2 Å². The predicted molar refractivity (Wildman–Crippen MR) is 99.9 cm³/mol. The van der Waals surface area contributed by atoms with E-state index in [1.165, 1.54) is 10.9 Å². The molecule has 0 bridgehead atoms. The summed E-state index contributed by atoms with van der Waals surface area (Å²) in [7, 11) is 1.54. The highest BCUT2D eigenvalue weighted by molar-refractivity contribution is 5.93. The number of nitrogens with two attached hydrogens (primary N) is 1. The Kier molecular flexibility index (Phi) is 4.32. The van der Waals surface area contributed by atoms with Gasteiger partial charge in [-0.05, 0) is 35.0 Å². The number of methoxy groups -OCH3 is 1. The number of amides is 1. The molecule has 0 atom stereocenters. The average Bonchev–Trinajstić information content (AvgIpc) is 3.16. The summed E-state index contributed by atoms with van der Waals surface area (Å²) in [4.78, 5) is 24.4. The molecule has 0 unspecified atom stereocenters. The SMILES string of the molecule is COc1ccc2c(Cn3nnc(-c4ccc(C(N)=O)cc4)n3)cc(=O)oc2c1. The molecule has 28 heavy (non-hydrogen) atoms. The number of tetrazole rings is 1. The van der Waals surface area contributed by atoms with E-state index in [1.54, 1.807) is 43.5 Å². The Hall–Kier alpha value is -4.01. The van der Waals surface area contributed by atoms with E-state index in [0.717, 1.165) is 5.39 Å². The monoisotopic (exact) mass is 377 g/mol. The molecule has 0 saturated heterocycles. The maximum absolute atomic E-state index is 11.9. The predicted octanol–water partition coefficient (Wildman–Crippen LogP) is 1.60. The molecular weight excluding hydrogens is 362 g/mol. The van der Waals surface area contributed by atoms with Gasteiger partial charge in [-0.2, -0.15) is 4.80 Å². The van der Waals surface area contributed by atoms with Crippen molar-refractivity contribution in [3.05, 3.63) is 70.1 Å². The van der Waals surface area contributed by atoms with Crippen molar-refractivity contribution in [2.24, 2.45) is 5.73 Å². The Morgan fingerprint density at radius 3 is 2.68 bits per heavy atom. The summed E-state index contributed by atoms with van der Waals surface area (Å²) in [5.41, 5.74) is 6.97. The Morgan fingerprint density at radius 1 is 1.18 bits per heavy atom. The zero-order valence-corrected chi connectivity index (χ0v) is 14.8. The lowest BCUT2D eigenvalue weighted by Crippen LogP contribution is -2.10. The smallest absolute Gasteiger partial charge is 0.336 e. The van der Waals surface area contributed by atoms with E-state index < -0.39 is 11.5 Å². The molecule has 0 fully saturated rings. The van der Waals surface area contributed by atoms with Gasteiger partial charge in [0.05, 0.1) is 13.7 Å². The van der Waals surface area contributed by atoms with Gasteiger partial charge in [-0.1, -0.05) is 12.1 Å². The first-order chi connectivity index (χ1) is 13.5. The molecule has 2 aromatic carbocycles. The van der Waals surface area contributed by atoms with E-state index in [2.05, 4.69) is 15.4 Å². The van der Waals surface area contributed by atoms with E-state index in [4.69, 9.17) is 14.9 Å². The molecule has 0 spiro atoms. The first kappa shape index (κ1) is 17.4. The Balaban J connectivity index is 1.65. The first-order valence-corrected chi connectivity index (χ1v) is 8.32. The largest absolute Gasteiger partial charge is 0.497 e. The highest BCUT2D eigenvalue weighted by Gasteiger charge is 2.11. The molecule has 0 radical (unpaired) electrons. The molecule has 0 aliphatic rings. The molecule has 0 aliphatic carbocycles. The van der Waals surface area contributed by atoms with Crippen molar-refractivity contribution in [2.45, 2.75) is 6.54 Å². The van der Waals surface area contributed by atoms with Crippen LogP contribution in [0, 0.1) is 0 Å². The number of primary amides is 1. The number of carbonyl (C=O) groups is 1. The minimum atomic E-state index is -0.505. The standard InChI is InChI=1S/C19H15N5O4/c1-27-14-6-7-15-13(8-17(25)28-16(15)9-14)10-24-22-19(21-23-24)12-4-2-11(3-5-12)18(20)26/h2-9H,10H2,1H3,(H2,20,26). The first-order valence-electron chi connectivity index (χ1n) is 8.32. The van der Waals surface area contributed by atoms with Gasteiger partial charge in [-0.15, -0.1) is 10.2 Å². The quantitative estimate of drug-likeness (QED) is 0.523. The lowest BCUT2D eigenvalue weighted by Gasteiger charge is -2.06. The number of nitrogens with zero attached hydrogens (tertiary/aromatic N) is 4. The van der Waals surface area contributed by atoms with E-state index in [9.17, 15) is 9.59 Å². The van der Waals surface area contributed by atoms with Crippen LogP contribution in [0.3, 0.4) is 0 Å². The van der Waals surface area contributed by atoms with Crippen LogP contribution in [0.5, 0.6) is 5.75 Å². The second-order valence-electron chi connectivity index (χ2n) is 6.04. The minimum Gasteiger partial charge on any atom is -0.497 e. The molecule has 4 aromatic rings. The lowest BCUT2D eigenvalue weighted by atomic mass is 10.1. The average molecular weight is 377 g/mol. The number of benzene rings is 2. The number of fused-ring (bicyclic) bond motifs is 1. The van der Waals surface area contributed by atoms with E-state index in [-0.39, 0.29) is 6.54 Å². The van der Waals surface area contributed by atoms with Crippen LogP contribution in [-0.2, 0) is 6.54 Å². The Bertz CT molecular complexity index is 1230. The van der Waals surface area contributed by atoms with Gasteiger partial charge in [0.1, 0.15) is 11.3 Å². The highest BCUT2D eigenvalue weighted by atomic mass is 16.5. The summed E-state index contributed by atoms with van der Waals surface area (Å²) < 4.78 is 10.4. The summed E-state index contributed by atoms with van der Waals surface area (Å²) >= 11 is 0. The summed E-state index contributed by atoms with van der Waals surface area (Å²) in [6, 6.07) is 13.2. The number of aromatic nitrogens is 4. The normalized spacial score (nSPS) is 10.9. The van der Waals surface area contributed by atoms with Crippen LogP contribution >= 0.6 is 0 Å². The maximum atomic E-state index is 11.9. The number of hydrogen-bond acceptors (Lipinski definition) is 7. The van der Waals surface area contributed by atoms with Crippen LogP contribution < -0.4 is 16.1 Å². The van der Waals surface area contributed by atoms with Gasteiger partial charge >= 0.3 is 5.63 Å². The zero-order chi connectivity index (χ0) is 19.7. The molecule has 140 valence electrons. The van der Waals surface area contributed by atoms with Gasteiger partial charge in [0.15, 0.2) is 0 Å².